The monoisotopic (exact) mass is 214 g/mol. The van der Waals surface area contributed by atoms with Gasteiger partial charge in [0, 0.05) is 12.6 Å². The number of nitrogens with one attached hydrogen (secondary N) is 1. The van der Waals surface area contributed by atoms with Gasteiger partial charge in [-0.25, -0.2) is 0 Å². The second-order valence-corrected chi connectivity index (χ2v) is 4.88. The Morgan fingerprint density at radius 2 is 2.27 bits per heavy atom. The summed E-state index contributed by atoms with van der Waals surface area (Å²) in [6, 6.07) is 0.593. The minimum atomic E-state index is 0.515. The van der Waals surface area contributed by atoms with Gasteiger partial charge < -0.3 is 15.0 Å². The van der Waals surface area contributed by atoms with Crippen LogP contribution in [0.5, 0.6) is 0 Å². The summed E-state index contributed by atoms with van der Waals surface area (Å²) in [5.41, 5.74) is 0. The van der Waals surface area contributed by atoms with Crippen molar-refractivity contribution in [2.75, 3.05) is 33.8 Å². The highest BCUT2D eigenvalue weighted by Gasteiger charge is 2.17. The molecule has 1 N–H and O–H groups in total. The Hall–Kier alpha value is -0.120. The van der Waals surface area contributed by atoms with Crippen molar-refractivity contribution in [3.05, 3.63) is 0 Å². The summed E-state index contributed by atoms with van der Waals surface area (Å²) in [6.45, 7) is 5.51. The van der Waals surface area contributed by atoms with Crippen LogP contribution in [0.15, 0.2) is 0 Å². The first-order chi connectivity index (χ1) is 7.18. The largest absolute Gasteiger partial charge is 0.378 e. The fourth-order valence-electron chi connectivity index (χ4n) is 2.05. The van der Waals surface area contributed by atoms with Crippen LogP contribution in [0.2, 0.25) is 0 Å². The number of hydrogen-bond donors (Lipinski definition) is 1. The SMILES string of the molecule is CC(CC1CCCO1)NCCCN(C)C. The number of rotatable bonds is 7. The number of hydrogen-bond acceptors (Lipinski definition) is 3. The predicted octanol–water partition coefficient (Wildman–Crippen LogP) is 1.49. The zero-order chi connectivity index (χ0) is 11.1. The average molecular weight is 214 g/mol. The maximum atomic E-state index is 5.62. The first-order valence-corrected chi connectivity index (χ1v) is 6.18. The van der Waals surface area contributed by atoms with Crippen LogP contribution in [0.1, 0.15) is 32.6 Å². The zero-order valence-electron chi connectivity index (χ0n) is 10.5. The highest BCUT2D eigenvalue weighted by Crippen LogP contribution is 2.16. The quantitative estimate of drug-likeness (QED) is 0.650. The van der Waals surface area contributed by atoms with Crippen molar-refractivity contribution in [1.29, 1.82) is 0 Å². The molecule has 1 aliphatic rings. The minimum Gasteiger partial charge on any atom is -0.378 e. The summed E-state index contributed by atoms with van der Waals surface area (Å²) in [5, 5.41) is 3.56. The summed E-state index contributed by atoms with van der Waals surface area (Å²) >= 11 is 0. The fourth-order valence-corrected chi connectivity index (χ4v) is 2.05. The van der Waals surface area contributed by atoms with Crippen LogP contribution in [-0.2, 0) is 4.74 Å². The van der Waals surface area contributed by atoms with Gasteiger partial charge in [0.05, 0.1) is 6.10 Å². The highest BCUT2D eigenvalue weighted by atomic mass is 16.5. The molecular formula is C12H26N2O. The molecule has 0 amide bonds. The Labute approximate surface area is 94.2 Å². The van der Waals surface area contributed by atoms with E-state index < -0.39 is 0 Å². The molecule has 0 bridgehead atoms. The van der Waals surface area contributed by atoms with Gasteiger partial charge in [0.25, 0.3) is 0 Å². The first kappa shape index (κ1) is 12.9. The Morgan fingerprint density at radius 3 is 2.87 bits per heavy atom. The molecule has 1 aliphatic heterocycles. The van der Waals surface area contributed by atoms with Crippen molar-refractivity contribution in [3.63, 3.8) is 0 Å². The van der Waals surface area contributed by atoms with E-state index >= 15 is 0 Å². The molecule has 3 nitrogen and oxygen atoms in total. The Balaban J connectivity index is 1.95. The van der Waals surface area contributed by atoms with E-state index in [4.69, 9.17) is 4.74 Å². The molecule has 1 fully saturated rings. The van der Waals surface area contributed by atoms with Gasteiger partial charge in [-0.1, -0.05) is 0 Å². The van der Waals surface area contributed by atoms with Crippen LogP contribution in [0.3, 0.4) is 0 Å². The summed E-state index contributed by atoms with van der Waals surface area (Å²) in [4.78, 5) is 2.23. The molecule has 2 unspecified atom stereocenters. The lowest BCUT2D eigenvalue weighted by molar-refractivity contribution is 0.0963. The van der Waals surface area contributed by atoms with Crippen LogP contribution >= 0.6 is 0 Å². The molecule has 0 aromatic rings. The van der Waals surface area contributed by atoms with Crippen molar-refractivity contribution in [1.82, 2.24) is 10.2 Å². The highest BCUT2D eigenvalue weighted by molar-refractivity contribution is 4.71. The van der Waals surface area contributed by atoms with Crippen molar-refractivity contribution < 1.29 is 4.74 Å². The number of nitrogens with zero attached hydrogens (tertiary/aromatic N) is 1. The number of ether oxygens (including phenoxy) is 1. The molecule has 0 radical (unpaired) electrons. The van der Waals surface area contributed by atoms with Crippen molar-refractivity contribution in [2.45, 2.75) is 44.8 Å². The molecule has 2 atom stereocenters. The third-order valence-corrected chi connectivity index (χ3v) is 2.92. The minimum absolute atomic E-state index is 0.515. The molecule has 0 saturated carbocycles. The third-order valence-electron chi connectivity index (χ3n) is 2.92. The summed E-state index contributed by atoms with van der Waals surface area (Å²) in [6.07, 6.45) is 5.41. The normalized spacial score (nSPS) is 23.6. The van der Waals surface area contributed by atoms with E-state index in [1.807, 2.05) is 0 Å². The Morgan fingerprint density at radius 1 is 1.47 bits per heavy atom. The smallest absolute Gasteiger partial charge is 0.0590 e. The fraction of sp³-hybridized carbons (Fsp3) is 1.00. The molecule has 90 valence electrons. The summed E-state index contributed by atoms with van der Waals surface area (Å²) < 4.78 is 5.62. The van der Waals surface area contributed by atoms with Crippen LogP contribution in [0.25, 0.3) is 0 Å². The van der Waals surface area contributed by atoms with E-state index in [1.165, 1.54) is 32.2 Å². The van der Waals surface area contributed by atoms with E-state index in [-0.39, 0.29) is 0 Å². The molecule has 1 saturated heterocycles. The second-order valence-electron chi connectivity index (χ2n) is 4.88. The second kappa shape index (κ2) is 7.20. The van der Waals surface area contributed by atoms with Gasteiger partial charge in [0.1, 0.15) is 0 Å². The lowest BCUT2D eigenvalue weighted by Crippen LogP contribution is -2.32. The van der Waals surface area contributed by atoms with Crippen molar-refractivity contribution in [3.8, 4) is 0 Å². The Bertz CT molecular complexity index is 156. The lowest BCUT2D eigenvalue weighted by Gasteiger charge is -2.18. The van der Waals surface area contributed by atoms with Crippen LogP contribution in [0.4, 0.5) is 0 Å². The lowest BCUT2D eigenvalue weighted by atomic mass is 10.1. The Kier molecular flexibility index (Phi) is 6.22. The summed E-state index contributed by atoms with van der Waals surface area (Å²) in [7, 11) is 4.24. The molecule has 3 heteroatoms. The van der Waals surface area contributed by atoms with Crippen molar-refractivity contribution in [2.24, 2.45) is 0 Å². The third kappa shape index (κ3) is 6.13. The van der Waals surface area contributed by atoms with Gasteiger partial charge in [-0.3, -0.25) is 0 Å². The molecule has 1 rings (SSSR count). The molecule has 0 spiro atoms. The van der Waals surface area contributed by atoms with Gasteiger partial charge in [-0.15, -0.1) is 0 Å². The van der Waals surface area contributed by atoms with E-state index in [9.17, 15) is 0 Å². The molecule has 1 heterocycles. The molecule has 0 aromatic heterocycles. The van der Waals surface area contributed by atoms with E-state index in [0.29, 0.717) is 12.1 Å². The van der Waals surface area contributed by atoms with Crippen LogP contribution < -0.4 is 5.32 Å². The first-order valence-electron chi connectivity index (χ1n) is 6.18. The molecule has 0 aliphatic carbocycles. The van der Waals surface area contributed by atoms with E-state index in [0.717, 1.165) is 13.2 Å². The predicted molar refractivity (Wildman–Crippen MR) is 64.2 cm³/mol. The van der Waals surface area contributed by atoms with Gasteiger partial charge in [-0.05, 0) is 59.8 Å². The molecular weight excluding hydrogens is 188 g/mol. The van der Waals surface area contributed by atoms with E-state index in [1.54, 1.807) is 0 Å². The average Bonchev–Trinajstić information content (AvgIpc) is 2.64. The van der Waals surface area contributed by atoms with Crippen LogP contribution in [-0.4, -0.2) is 50.8 Å². The molecule has 15 heavy (non-hydrogen) atoms. The maximum Gasteiger partial charge on any atom is 0.0590 e. The standard InChI is InChI=1S/C12H26N2O/c1-11(10-12-6-4-9-15-12)13-7-5-8-14(2)3/h11-13H,4-10H2,1-3H3. The van der Waals surface area contributed by atoms with Gasteiger partial charge in [0.2, 0.25) is 0 Å². The van der Waals surface area contributed by atoms with E-state index in [2.05, 4.69) is 31.2 Å². The van der Waals surface area contributed by atoms with Gasteiger partial charge in [0.15, 0.2) is 0 Å². The molecule has 0 aromatic carbocycles. The topological polar surface area (TPSA) is 24.5 Å². The maximum absolute atomic E-state index is 5.62. The van der Waals surface area contributed by atoms with Crippen molar-refractivity contribution >= 4 is 0 Å². The zero-order valence-corrected chi connectivity index (χ0v) is 10.5. The van der Waals surface area contributed by atoms with Crippen LogP contribution in [0, 0.1) is 0 Å². The van der Waals surface area contributed by atoms with Gasteiger partial charge in [-0.2, -0.15) is 0 Å². The van der Waals surface area contributed by atoms with Gasteiger partial charge >= 0.3 is 0 Å². The summed E-state index contributed by atoms with van der Waals surface area (Å²) in [5.74, 6) is 0.